The molecule has 3 heterocycles. The van der Waals surface area contributed by atoms with Gasteiger partial charge in [-0.15, -0.1) is 11.3 Å². The molecule has 0 fully saturated rings. The fourth-order valence-electron chi connectivity index (χ4n) is 3.92. The highest BCUT2D eigenvalue weighted by Gasteiger charge is 2.34. The second kappa shape index (κ2) is 8.71. The Morgan fingerprint density at radius 2 is 1.85 bits per heavy atom. The van der Waals surface area contributed by atoms with Crippen LogP contribution in [0.5, 0.6) is 5.75 Å². The lowest BCUT2D eigenvalue weighted by Crippen LogP contribution is -2.35. The van der Waals surface area contributed by atoms with E-state index in [1.807, 2.05) is 17.5 Å². The largest absolute Gasteiger partial charge is 0.482 e. The third-order valence-electron chi connectivity index (χ3n) is 5.76. The monoisotopic (exact) mass is 476 g/mol. The van der Waals surface area contributed by atoms with Gasteiger partial charge in [-0.1, -0.05) is 12.1 Å². The zero-order chi connectivity index (χ0) is 23.8. The van der Waals surface area contributed by atoms with Gasteiger partial charge in [0.2, 0.25) is 5.91 Å². The summed E-state index contributed by atoms with van der Waals surface area (Å²) in [6.45, 7) is 0.190. The Kier molecular flexibility index (Phi) is 5.58. The molecule has 0 unspecified atom stereocenters. The molecule has 3 aromatic rings. The molecule has 0 radical (unpaired) electrons. The van der Waals surface area contributed by atoms with E-state index in [0.29, 0.717) is 39.8 Å². The highest BCUT2D eigenvalue weighted by molar-refractivity contribution is 7.14. The molecular formula is C24H20N4O5S. The van der Waals surface area contributed by atoms with Gasteiger partial charge in [0.05, 0.1) is 22.5 Å². The first-order chi connectivity index (χ1) is 16.4. The number of likely N-dealkylation sites (N-methyl/N-ethyl adjacent to an activating group) is 1. The maximum atomic E-state index is 12.4. The maximum absolute atomic E-state index is 12.4. The van der Waals surface area contributed by atoms with E-state index in [9.17, 15) is 19.2 Å². The van der Waals surface area contributed by atoms with Gasteiger partial charge in [0, 0.05) is 31.0 Å². The molecule has 9 nitrogen and oxygen atoms in total. The molecule has 34 heavy (non-hydrogen) atoms. The van der Waals surface area contributed by atoms with Crippen LogP contribution in [-0.2, 0) is 9.59 Å². The summed E-state index contributed by atoms with van der Waals surface area (Å²) in [5, 5.41) is 5.03. The highest BCUT2D eigenvalue weighted by atomic mass is 32.1. The molecule has 2 aliphatic heterocycles. The normalized spacial score (nSPS) is 14.7. The Balaban J connectivity index is 1.17. The number of carbonyl (C=O) groups excluding carboxylic acids is 4. The molecule has 4 amide bonds. The number of imide groups is 1. The number of ether oxygens (including phenoxy) is 1. The van der Waals surface area contributed by atoms with Crippen LogP contribution in [0.25, 0.3) is 11.3 Å². The van der Waals surface area contributed by atoms with E-state index < -0.39 is 0 Å². The first kappa shape index (κ1) is 21.8. The Labute approximate surface area is 199 Å². The van der Waals surface area contributed by atoms with E-state index in [0.717, 1.165) is 5.56 Å². The van der Waals surface area contributed by atoms with Gasteiger partial charge < -0.3 is 15.0 Å². The average molecular weight is 477 g/mol. The van der Waals surface area contributed by atoms with Crippen molar-refractivity contribution in [1.29, 1.82) is 0 Å². The summed E-state index contributed by atoms with van der Waals surface area (Å²) in [6.07, 6.45) is 0.492. The zero-order valence-electron chi connectivity index (χ0n) is 18.2. The van der Waals surface area contributed by atoms with Crippen molar-refractivity contribution in [1.82, 2.24) is 9.88 Å². The maximum Gasteiger partial charge on any atom is 0.264 e. The quantitative estimate of drug-likeness (QED) is 0.548. The Bertz CT molecular complexity index is 1300. The van der Waals surface area contributed by atoms with E-state index in [1.54, 1.807) is 42.3 Å². The fraction of sp³-hybridized carbons (Fsp3) is 0.208. The first-order valence-corrected chi connectivity index (χ1v) is 11.5. The van der Waals surface area contributed by atoms with E-state index in [-0.39, 0.29) is 43.2 Å². The predicted octanol–water partition coefficient (Wildman–Crippen LogP) is 3.18. The van der Waals surface area contributed by atoms with Gasteiger partial charge in [-0.2, -0.15) is 0 Å². The lowest BCUT2D eigenvalue weighted by Gasteiger charge is -2.26. The number of thiazole rings is 1. The second-order valence-electron chi connectivity index (χ2n) is 7.92. The molecule has 0 saturated heterocycles. The van der Waals surface area contributed by atoms with Crippen molar-refractivity contribution in [2.45, 2.75) is 12.8 Å². The summed E-state index contributed by atoms with van der Waals surface area (Å²) in [7, 11) is 1.70. The molecule has 0 atom stereocenters. The number of benzene rings is 2. The number of hydrogen-bond donors (Lipinski definition) is 1. The Morgan fingerprint density at radius 1 is 1.12 bits per heavy atom. The Hall–Kier alpha value is -4.05. The number of hydrogen-bond acceptors (Lipinski definition) is 7. The van der Waals surface area contributed by atoms with Crippen molar-refractivity contribution in [2.75, 3.05) is 30.4 Å². The molecular weight excluding hydrogens is 456 g/mol. The molecule has 0 saturated carbocycles. The molecule has 2 aliphatic rings. The number of rotatable bonds is 6. The third-order valence-corrected chi connectivity index (χ3v) is 6.51. The number of anilines is 2. The molecule has 172 valence electrons. The minimum Gasteiger partial charge on any atom is -0.482 e. The second-order valence-corrected chi connectivity index (χ2v) is 8.78. The number of fused-ring (bicyclic) bond motifs is 2. The van der Waals surface area contributed by atoms with Crippen LogP contribution in [0.1, 0.15) is 33.6 Å². The summed E-state index contributed by atoms with van der Waals surface area (Å²) in [5.41, 5.74) is 2.93. The van der Waals surface area contributed by atoms with Crippen LogP contribution in [-0.4, -0.2) is 53.7 Å². The topological polar surface area (TPSA) is 109 Å². The van der Waals surface area contributed by atoms with Crippen molar-refractivity contribution < 1.29 is 23.9 Å². The van der Waals surface area contributed by atoms with Gasteiger partial charge in [-0.05, 0) is 36.8 Å². The molecule has 1 N–H and O–H groups in total. The smallest absolute Gasteiger partial charge is 0.264 e. The van der Waals surface area contributed by atoms with E-state index in [1.165, 1.54) is 16.2 Å². The van der Waals surface area contributed by atoms with Crippen molar-refractivity contribution >= 4 is 45.8 Å². The van der Waals surface area contributed by atoms with Crippen LogP contribution in [0.4, 0.5) is 10.8 Å². The van der Waals surface area contributed by atoms with Crippen LogP contribution in [0, 0.1) is 0 Å². The Morgan fingerprint density at radius 3 is 2.59 bits per heavy atom. The van der Waals surface area contributed by atoms with Gasteiger partial charge in [0.1, 0.15) is 5.75 Å². The van der Waals surface area contributed by atoms with Crippen molar-refractivity contribution in [3.63, 3.8) is 0 Å². The SMILES string of the molecule is CN1C(=O)COc2ccc(-c3csc(NC(=O)CCCN4C(=O)c5ccccc5C4=O)n3)cc21. The van der Waals surface area contributed by atoms with E-state index >= 15 is 0 Å². The van der Waals surface area contributed by atoms with Crippen molar-refractivity contribution in [2.24, 2.45) is 0 Å². The lowest BCUT2D eigenvalue weighted by molar-refractivity contribution is -0.121. The van der Waals surface area contributed by atoms with Crippen LogP contribution in [0.3, 0.4) is 0 Å². The predicted molar refractivity (Wildman–Crippen MR) is 126 cm³/mol. The van der Waals surface area contributed by atoms with Gasteiger partial charge in [0.25, 0.3) is 17.7 Å². The molecule has 5 rings (SSSR count). The summed E-state index contributed by atoms with van der Waals surface area (Å²) < 4.78 is 5.45. The van der Waals surface area contributed by atoms with Gasteiger partial charge in [0.15, 0.2) is 11.7 Å². The van der Waals surface area contributed by atoms with Crippen LogP contribution in [0.15, 0.2) is 47.8 Å². The minimum atomic E-state index is -0.326. The fourth-order valence-corrected chi connectivity index (χ4v) is 4.65. The van der Waals surface area contributed by atoms with Crippen LogP contribution >= 0.6 is 11.3 Å². The van der Waals surface area contributed by atoms with Crippen LogP contribution < -0.4 is 15.0 Å². The van der Waals surface area contributed by atoms with Crippen molar-refractivity contribution in [3.8, 4) is 17.0 Å². The number of amides is 4. The first-order valence-electron chi connectivity index (χ1n) is 10.7. The van der Waals surface area contributed by atoms with Crippen LogP contribution in [0.2, 0.25) is 0 Å². The molecule has 10 heteroatoms. The third kappa shape index (κ3) is 3.92. The molecule has 0 bridgehead atoms. The average Bonchev–Trinajstić information content (AvgIpc) is 3.40. The summed E-state index contributed by atoms with van der Waals surface area (Å²) >= 11 is 1.29. The van der Waals surface area contributed by atoms with Gasteiger partial charge in [-0.25, -0.2) is 4.98 Å². The summed E-state index contributed by atoms with van der Waals surface area (Å²) in [5.74, 6) is -0.395. The molecule has 0 spiro atoms. The van der Waals surface area contributed by atoms with Gasteiger partial charge in [-0.3, -0.25) is 24.1 Å². The summed E-state index contributed by atoms with van der Waals surface area (Å²) in [6, 6.07) is 12.2. The van der Waals surface area contributed by atoms with Gasteiger partial charge >= 0.3 is 0 Å². The number of aromatic nitrogens is 1. The number of nitrogens with one attached hydrogen (secondary N) is 1. The number of carbonyl (C=O) groups is 4. The zero-order valence-corrected chi connectivity index (χ0v) is 19.1. The van der Waals surface area contributed by atoms with E-state index in [2.05, 4.69) is 10.3 Å². The number of nitrogens with zero attached hydrogens (tertiary/aromatic N) is 3. The summed E-state index contributed by atoms with van der Waals surface area (Å²) in [4.78, 5) is 56.3. The molecule has 2 aromatic carbocycles. The minimum absolute atomic E-state index is 0.0166. The van der Waals surface area contributed by atoms with E-state index in [4.69, 9.17) is 4.74 Å². The molecule has 1 aromatic heterocycles. The highest BCUT2D eigenvalue weighted by Crippen LogP contribution is 2.36. The van der Waals surface area contributed by atoms with Crippen molar-refractivity contribution in [3.05, 3.63) is 59.0 Å². The standard InChI is InChI=1S/C24H20N4O5S/c1-27-18-11-14(8-9-19(18)33-12-21(27)30)17-13-34-24(25-17)26-20(29)7-4-10-28-22(31)15-5-2-3-6-16(15)23(28)32/h2-3,5-6,8-9,11,13H,4,7,10,12H2,1H3,(H,25,26,29). The molecule has 0 aliphatic carbocycles. The lowest BCUT2D eigenvalue weighted by atomic mass is 10.1.